The molecule has 0 bridgehead atoms. The first-order chi connectivity index (χ1) is 8.64. The van der Waals surface area contributed by atoms with Gasteiger partial charge in [0, 0.05) is 23.7 Å². The molecule has 0 radical (unpaired) electrons. The molecule has 19 heavy (non-hydrogen) atoms. The average Bonchev–Trinajstić information content (AvgIpc) is 2.91. The molecule has 1 saturated heterocycles. The zero-order valence-corrected chi connectivity index (χ0v) is 13.5. The van der Waals surface area contributed by atoms with Crippen molar-refractivity contribution in [3.63, 3.8) is 0 Å². The smallest absolute Gasteiger partial charge is 0.238 e. The summed E-state index contributed by atoms with van der Waals surface area (Å²) >= 11 is 1.79. The van der Waals surface area contributed by atoms with Crippen LogP contribution in [0.1, 0.15) is 32.1 Å². The Kier molecular flexibility index (Phi) is 6.94. The van der Waals surface area contributed by atoms with E-state index in [1.165, 1.54) is 32.1 Å². The molecule has 1 atom stereocenters. The van der Waals surface area contributed by atoms with Gasteiger partial charge >= 0.3 is 0 Å². The third-order valence-electron chi connectivity index (χ3n) is 4.36. The monoisotopic (exact) mass is 307 g/mol. The van der Waals surface area contributed by atoms with E-state index >= 15 is 0 Å². The summed E-state index contributed by atoms with van der Waals surface area (Å²) in [6.07, 6.45) is 6.31. The zero-order valence-electron chi connectivity index (χ0n) is 11.9. The van der Waals surface area contributed by atoms with E-state index in [0.29, 0.717) is 0 Å². The summed E-state index contributed by atoms with van der Waals surface area (Å²) in [5.74, 6) is 1.98. The second-order valence-corrected chi connectivity index (χ2v) is 6.70. The maximum absolute atomic E-state index is 12.0. The first-order valence-corrected chi connectivity index (χ1v) is 8.06. The number of rotatable bonds is 4. The van der Waals surface area contributed by atoms with Crippen molar-refractivity contribution in [3.05, 3.63) is 0 Å². The standard InChI is InChI=1S/C13H25N3OS.ClH/c1-16(2)13(6-4-3-5-7-13)9-14-12(17)11-8-18-10-15-11;/h11,15H,3-10H2,1-2H3,(H,14,17);1H. The molecule has 1 aliphatic carbocycles. The predicted molar refractivity (Wildman–Crippen MR) is 84.0 cm³/mol. The lowest BCUT2D eigenvalue weighted by Crippen LogP contribution is -2.55. The fourth-order valence-corrected chi connectivity index (χ4v) is 3.87. The maximum Gasteiger partial charge on any atom is 0.238 e. The number of likely N-dealkylation sites (N-methyl/N-ethyl adjacent to an activating group) is 1. The van der Waals surface area contributed by atoms with Crippen molar-refractivity contribution in [1.29, 1.82) is 0 Å². The molecule has 0 aromatic heterocycles. The SMILES string of the molecule is CN(C)C1(CNC(=O)C2CSCN2)CCCCC1.Cl. The number of carbonyl (C=O) groups is 1. The number of halogens is 1. The number of nitrogens with one attached hydrogen (secondary N) is 2. The van der Waals surface area contributed by atoms with Crippen molar-refractivity contribution in [1.82, 2.24) is 15.5 Å². The van der Waals surface area contributed by atoms with Crippen LogP contribution in [0.3, 0.4) is 0 Å². The molecule has 2 aliphatic rings. The van der Waals surface area contributed by atoms with E-state index in [2.05, 4.69) is 29.6 Å². The highest BCUT2D eigenvalue weighted by Crippen LogP contribution is 2.31. The van der Waals surface area contributed by atoms with E-state index in [1.807, 2.05) is 0 Å². The van der Waals surface area contributed by atoms with E-state index < -0.39 is 0 Å². The molecule has 0 aromatic carbocycles. The zero-order chi connectivity index (χ0) is 13.0. The van der Waals surface area contributed by atoms with Gasteiger partial charge in [0.05, 0.1) is 6.04 Å². The molecule has 112 valence electrons. The Morgan fingerprint density at radius 3 is 2.58 bits per heavy atom. The molecule has 1 saturated carbocycles. The van der Waals surface area contributed by atoms with Crippen molar-refractivity contribution >= 4 is 30.1 Å². The number of carbonyl (C=O) groups excluding carboxylic acids is 1. The van der Waals surface area contributed by atoms with Gasteiger partial charge in [0.15, 0.2) is 0 Å². The molecular weight excluding hydrogens is 282 g/mol. The largest absolute Gasteiger partial charge is 0.353 e. The molecule has 2 N–H and O–H groups in total. The van der Waals surface area contributed by atoms with Crippen LogP contribution in [-0.4, -0.2) is 54.7 Å². The summed E-state index contributed by atoms with van der Waals surface area (Å²) in [6.45, 7) is 0.793. The molecule has 4 nitrogen and oxygen atoms in total. The van der Waals surface area contributed by atoms with Crippen LogP contribution in [0.25, 0.3) is 0 Å². The number of hydrogen-bond acceptors (Lipinski definition) is 4. The summed E-state index contributed by atoms with van der Waals surface area (Å²) in [5.41, 5.74) is 0.180. The first kappa shape index (κ1) is 17.1. The molecule has 2 rings (SSSR count). The van der Waals surface area contributed by atoms with Gasteiger partial charge in [0.1, 0.15) is 0 Å². The average molecular weight is 308 g/mol. The first-order valence-electron chi connectivity index (χ1n) is 6.90. The van der Waals surface area contributed by atoms with Gasteiger partial charge in [-0.1, -0.05) is 19.3 Å². The van der Waals surface area contributed by atoms with Gasteiger partial charge < -0.3 is 10.2 Å². The molecule has 2 fully saturated rings. The van der Waals surface area contributed by atoms with Crippen LogP contribution < -0.4 is 10.6 Å². The van der Waals surface area contributed by atoms with Crippen LogP contribution >= 0.6 is 24.2 Å². The van der Waals surface area contributed by atoms with E-state index in [1.54, 1.807) is 11.8 Å². The van der Waals surface area contributed by atoms with E-state index in [9.17, 15) is 4.79 Å². The van der Waals surface area contributed by atoms with Crippen LogP contribution in [0, 0.1) is 0 Å². The van der Waals surface area contributed by atoms with Gasteiger partial charge in [-0.05, 0) is 26.9 Å². The molecule has 1 unspecified atom stereocenters. The van der Waals surface area contributed by atoms with Gasteiger partial charge in [-0.2, -0.15) is 0 Å². The minimum Gasteiger partial charge on any atom is -0.353 e. The van der Waals surface area contributed by atoms with Crippen molar-refractivity contribution in [2.24, 2.45) is 0 Å². The van der Waals surface area contributed by atoms with Crippen LogP contribution in [-0.2, 0) is 4.79 Å². The lowest BCUT2D eigenvalue weighted by Gasteiger charge is -2.43. The molecule has 0 spiro atoms. The summed E-state index contributed by atoms with van der Waals surface area (Å²) < 4.78 is 0. The van der Waals surface area contributed by atoms with Crippen molar-refractivity contribution in [2.75, 3.05) is 32.3 Å². The lowest BCUT2D eigenvalue weighted by atomic mass is 9.80. The van der Waals surface area contributed by atoms with Crippen LogP contribution in [0.4, 0.5) is 0 Å². The molecule has 0 aromatic rings. The van der Waals surface area contributed by atoms with Gasteiger partial charge in [-0.25, -0.2) is 0 Å². The maximum atomic E-state index is 12.0. The molecule has 1 aliphatic heterocycles. The van der Waals surface area contributed by atoms with Crippen molar-refractivity contribution in [3.8, 4) is 0 Å². The minimum atomic E-state index is 0. The second-order valence-electron chi connectivity index (χ2n) is 5.67. The van der Waals surface area contributed by atoms with Gasteiger partial charge in [0.2, 0.25) is 5.91 Å². The summed E-state index contributed by atoms with van der Waals surface area (Å²) in [6, 6.07) is 0.0119. The molecule has 6 heteroatoms. The van der Waals surface area contributed by atoms with Crippen LogP contribution in [0.2, 0.25) is 0 Å². The Hall–Kier alpha value is 0.0300. The number of thioether (sulfide) groups is 1. The Morgan fingerprint density at radius 2 is 2.05 bits per heavy atom. The van der Waals surface area contributed by atoms with Gasteiger partial charge in [-0.15, -0.1) is 24.2 Å². The second kappa shape index (κ2) is 7.72. The molecule has 1 heterocycles. The fraction of sp³-hybridized carbons (Fsp3) is 0.923. The van der Waals surface area contributed by atoms with Crippen LogP contribution in [0.5, 0.6) is 0 Å². The van der Waals surface area contributed by atoms with Crippen LogP contribution in [0.15, 0.2) is 0 Å². The highest BCUT2D eigenvalue weighted by Gasteiger charge is 2.35. The quantitative estimate of drug-likeness (QED) is 0.825. The summed E-state index contributed by atoms with van der Waals surface area (Å²) in [7, 11) is 4.28. The third-order valence-corrected chi connectivity index (χ3v) is 5.30. The van der Waals surface area contributed by atoms with Crippen molar-refractivity contribution in [2.45, 2.75) is 43.7 Å². The minimum absolute atomic E-state index is 0. The molecule has 1 amide bonds. The molecular formula is C13H26ClN3OS. The Balaban J connectivity index is 0.00000180. The van der Waals surface area contributed by atoms with Gasteiger partial charge in [0.25, 0.3) is 0 Å². The Bertz CT molecular complexity index is 290. The van der Waals surface area contributed by atoms with Gasteiger partial charge in [-0.3, -0.25) is 10.1 Å². The van der Waals surface area contributed by atoms with E-state index in [-0.39, 0.29) is 29.9 Å². The third kappa shape index (κ3) is 4.25. The van der Waals surface area contributed by atoms with E-state index in [0.717, 1.165) is 18.2 Å². The lowest BCUT2D eigenvalue weighted by molar-refractivity contribution is -0.123. The fourth-order valence-electron chi connectivity index (χ4n) is 2.93. The number of hydrogen-bond donors (Lipinski definition) is 2. The number of nitrogens with zero attached hydrogens (tertiary/aromatic N) is 1. The summed E-state index contributed by atoms with van der Waals surface area (Å²) in [4.78, 5) is 14.4. The predicted octanol–water partition coefficient (Wildman–Crippen LogP) is 1.45. The Labute approximate surface area is 126 Å². The summed E-state index contributed by atoms with van der Waals surface area (Å²) in [5, 5.41) is 6.38. The highest BCUT2D eigenvalue weighted by molar-refractivity contribution is 7.99. The normalized spacial score (nSPS) is 25.9. The van der Waals surface area contributed by atoms with E-state index in [4.69, 9.17) is 0 Å². The number of amides is 1. The van der Waals surface area contributed by atoms with Crippen molar-refractivity contribution < 1.29 is 4.79 Å². The topological polar surface area (TPSA) is 44.4 Å². The highest BCUT2D eigenvalue weighted by atomic mass is 35.5. The Morgan fingerprint density at radius 1 is 1.37 bits per heavy atom.